The van der Waals surface area contributed by atoms with Gasteiger partial charge >= 0.3 is 6.18 Å². The Balaban J connectivity index is 2.04. The monoisotopic (exact) mass is 328 g/mol. The Bertz CT molecular complexity index is 728. The van der Waals surface area contributed by atoms with E-state index in [-0.39, 0.29) is 12.3 Å². The first-order chi connectivity index (χ1) is 10.8. The Hall–Kier alpha value is -2.35. The van der Waals surface area contributed by atoms with Gasteiger partial charge in [-0.25, -0.2) is 4.68 Å². The van der Waals surface area contributed by atoms with Gasteiger partial charge in [0.05, 0.1) is 17.8 Å². The largest absolute Gasteiger partial charge is 0.490 e. The predicted octanol–water partition coefficient (Wildman–Crippen LogP) is 2.01. The van der Waals surface area contributed by atoms with Crippen LogP contribution in [0.4, 0.5) is 13.2 Å². The molecule has 1 aromatic carbocycles. The molecule has 1 atom stereocenters. The summed E-state index contributed by atoms with van der Waals surface area (Å²) in [4.78, 5) is 11.6. The highest BCUT2D eigenvalue weighted by Crippen LogP contribution is 2.35. The van der Waals surface area contributed by atoms with E-state index < -0.39 is 30.0 Å². The number of hydrogen-bond acceptors (Lipinski definition) is 4. The van der Waals surface area contributed by atoms with Crippen LogP contribution in [0.1, 0.15) is 11.3 Å². The number of aliphatic hydroxyl groups excluding tert-OH is 1. The smallest absolute Gasteiger partial charge is 0.419 e. The highest BCUT2D eigenvalue weighted by Gasteiger charge is 2.34. The lowest BCUT2D eigenvalue weighted by atomic mass is 10.2. The minimum atomic E-state index is -4.55. The molecule has 0 fully saturated rings. The molecule has 0 saturated carbocycles. The lowest BCUT2D eigenvalue weighted by Gasteiger charge is -2.16. The average Bonchev–Trinajstić information content (AvgIpc) is 2.48. The summed E-state index contributed by atoms with van der Waals surface area (Å²) in [6.45, 7) is 1.11. The maximum atomic E-state index is 12.8. The van der Waals surface area contributed by atoms with E-state index in [0.29, 0.717) is 5.69 Å². The maximum Gasteiger partial charge on any atom is 0.419 e. The van der Waals surface area contributed by atoms with Gasteiger partial charge in [-0.15, -0.1) is 0 Å². The van der Waals surface area contributed by atoms with E-state index in [9.17, 15) is 23.1 Å². The first-order valence-electron chi connectivity index (χ1n) is 6.79. The van der Waals surface area contributed by atoms with Gasteiger partial charge in [-0.3, -0.25) is 4.79 Å². The Morgan fingerprint density at radius 3 is 2.65 bits per heavy atom. The van der Waals surface area contributed by atoms with Crippen molar-refractivity contribution in [2.75, 3.05) is 6.61 Å². The number of aliphatic hydroxyl groups is 1. The van der Waals surface area contributed by atoms with Crippen LogP contribution in [0.5, 0.6) is 5.75 Å². The summed E-state index contributed by atoms with van der Waals surface area (Å²) in [5.74, 6) is -0.372. The molecule has 0 radical (unpaired) electrons. The number of aromatic nitrogens is 2. The van der Waals surface area contributed by atoms with Crippen LogP contribution in [0.2, 0.25) is 0 Å². The molecule has 8 heteroatoms. The van der Waals surface area contributed by atoms with Crippen LogP contribution in [0.25, 0.3) is 0 Å². The van der Waals surface area contributed by atoms with Crippen LogP contribution >= 0.6 is 0 Å². The number of para-hydroxylation sites is 1. The van der Waals surface area contributed by atoms with E-state index in [4.69, 9.17) is 4.74 Å². The second kappa shape index (κ2) is 6.82. The fourth-order valence-electron chi connectivity index (χ4n) is 1.95. The summed E-state index contributed by atoms with van der Waals surface area (Å²) in [5.41, 5.74) is -0.747. The average molecular weight is 328 g/mol. The number of alkyl halides is 3. The number of aryl methyl sites for hydroxylation is 1. The van der Waals surface area contributed by atoms with Crippen molar-refractivity contribution >= 4 is 0 Å². The summed E-state index contributed by atoms with van der Waals surface area (Å²) in [6, 6.07) is 7.56. The quantitative estimate of drug-likeness (QED) is 0.912. The van der Waals surface area contributed by atoms with Gasteiger partial charge in [0.2, 0.25) is 0 Å². The molecule has 0 bridgehead atoms. The molecule has 5 nitrogen and oxygen atoms in total. The SMILES string of the molecule is Cc1ccc(=O)n(C[C@@H](O)COc2ccccc2C(F)(F)F)n1. The van der Waals surface area contributed by atoms with Crippen LogP contribution in [-0.2, 0) is 12.7 Å². The normalized spacial score (nSPS) is 12.9. The Kier molecular flexibility index (Phi) is 5.05. The maximum absolute atomic E-state index is 12.8. The second-order valence-electron chi connectivity index (χ2n) is 4.95. The lowest BCUT2D eigenvalue weighted by molar-refractivity contribution is -0.139. The Morgan fingerprint density at radius 2 is 1.96 bits per heavy atom. The molecule has 1 heterocycles. The molecule has 1 aromatic heterocycles. The van der Waals surface area contributed by atoms with Gasteiger partial charge in [0, 0.05) is 6.07 Å². The molecule has 0 aliphatic rings. The van der Waals surface area contributed by atoms with Gasteiger partial charge in [0.25, 0.3) is 5.56 Å². The summed E-state index contributed by atoms with van der Waals surface area (Å²) >= 11 is 0. The van der Waals surface area contributed by atoms with Crippen molar-refractivity contribution in [3.63, 3.8) is 0 Å². The minimum Gasteiger partial charge on any atom is -0.490 e. The standard InChI is InChI=1S/C15H15F3N2O3/c1-10-6-7-14(22)20(19-10)8-11(21)9-23-13-5-3-2-4-12(13)15(16,17)18/h2-7,11,21H,8-9H2,1H3/t11-/m1/s1. The predicted molar refractivity (Wildman–Crippen MR) is 76.2 cm³/mol. The van der Waals surface area contributed by atoms with Crippen molar-refractivity contribution in [2.24, 2.45) is 0 Å². The van der Waals surface area contributed by atoms with Gasteiger partial charge in [-0.05, 0) is 25.1 Å². The van der Waals surface area contributed by atoms with E-state index in [2.05, 4.69) is 5.10 Å². The highest BCUT2D eigenvalue weighted by molar-refractivity contribution is 5.35. The zero-order valence-corrected chi connectivity index (χ0v) is 12.2. The van der Waals surface area contributed by atoms with Gasteiger partial charge in [0.15, 0.2) is 0 Å². The number of nitrogens with zero attached hydrogens (tertiary/aromatic N) is 2. The summed E-state index contributed by atoms with van der Waals surface area (Å²) in [7, 11) is 0. The number of ether oxygens (including phenoxy) is 1. The van der Waals surface area contributed by atoms with Crippen molar-refractivity contribution in [1.82, 2.24) is 9.78 Å². The fourth-order valence-corrected chi connectivity index (χ4v) is 1.95. The summed E-state index contributed by atoms with van der Waals surface area (Å²) < 4.78 is 44.6. The van der Waals surface area contributed by atoms with Crippen molar-refractivity contribution in [3.05, 3.63) is 58.0 Å². The Labute approximate surface area is 129 Å². The van der Waals surface area contributed by atoms with E-state index in [1.165, 1.54) is 30.3 Å². The van der Waals surface area contributed by atoms with Crippen molar-refractivity contribution in [1.29, 1.82) is 0 Å². The molecule has 0 aliphatic heterocycles. The van der Waals surface area contributed by atoms with E-state index in [1.807, 2.05) is 0 Å². The molecule has 0 aliphatic carbocycles. The molecule has 23 heavy (non-hydrogen) atoms. The zero-order chi connectivity index (χ0) is 17.0. The molecule has 2 aromatic rings. The molecular weight excluding hydrogens is 313 g/mol. The fraction of sp³-hybridized carbons (Fsp3) is 0.333. The van der Waals surface area contributed by atoms with Crippen molar-refractivity contribution in [3.8, 4) is 5.75 Å². The van der Waals surface area contributed by atoms with E-state index in [0.717, 1.165) is 10.7 Å². The molecule has 0 saturated heterocycles. The summed E-state index contributed by atoms with van der Waals surface area (Å²) in [5, 5.41) is 13.8. The molecule has 0 spiro atoms. The van der Waals surface area contributed by atoms with Crippen molar-refractivity contribution in [2.45, 2.75) is 25.7 Å². The number of benzene rings is 1. The minimum absolute atomic E-state index is 0.172. The molecule has 1 N–H and O–H groups in total. The van der Waals surface area contributed by atoms with E-state index in [1.54, 1.807) is 6.92 Å². The summed E-state index contributed by atoms with van der Waals surface area (Å²) in [6.07, 6.45) is -5.72. The van der Waals surface area contributed by atoms with Crippen molar-refractivity contribution < 1.29 is 23.0 Å². The highest BCUT2D eigenvalue weighted by atomic mass is 19.4. The van der Waals surface area contributed by atoms with Crippen LogP contribution < -0.4 is 10.3 Å². The van der Waals surface area contributed by atoms with Gasteiger partial charge in [-0.1, -0.05) is 12.1 Å². The van der Waals surface area contributed by atoms with Crippen LogP contribution in [0.15, 0.2) is 41.2 Å². The van der Waals surface area contributed by atoms with Crippen LogP contribution in [0.3, 0.4) is 0 Å². The number of halogens is 3. The lowest BCUT2D eigenvalue weighted by Crippen LogP contribution is -2.32. The van der Waals surface area contributed by atoms with Crippen LogP contribution in [0, 0.1) is 6.92 Å². The topological polar surface area (TPSA) is 64.4 Å². The van der Waals surface area contributed by atoms with E-state index >= 15 is 0 Å². The van der Waals surface area contributed by atoms with Gasteiger partial charge < -0.3 is 9.84 Å². The Morgan fingerprint density at radius 1 is 1.26 bits per heavy atom. The molecule has 0 amide bonds. The van der Waals surface area contributed by atoms with Gasteiger partial charge in [-0.2, -0.15) is 18.3 Å². The molecule has 2 rings (SSSR count). The van der Waals surface area contributed by atoms with Crippen LogP contribution in [-0.4, -0.2) is 27.6 Å². The zero-order valence-electron chi connectivity index (χ0n) is 12.2. The first-order valence-corrected chi connectivity index (χ1v) is 6.79. The third-order valence-corrected chi connectivity index (χ3v) is 3.01. The first kappa shape index (κ1) is 17.0. The molecule has 124 valence electrons. The van der Waals surface area contributed by atoms with Gasteiger partial charge in [0.1, 0.15) is 18.5 Å². The third-order valence-electron chi connectivity index (χ3n) is 3.01. The second-order valence-corrected chi connectivity index (χ2v) is 4.95. The molecular formula is C15H15F3N2O3. The molecule has 0 unspecified atom stereocenters. The number of hydrogen-bond donors (Lipinski definition) is 1. The third kappa shape index (κ3) is 4.56. The number of rotatable bonds is 5.